The molecule has 19 heavy (non-hydrogen) atoms. The summed E-state index contributed by atoms with van der Waals surface area (Å²) in [7, 11) is 0. The Bertz CT molecular complexity index is 381. The van der Waals surface area contributed by atoms with Crippen LogP contribution in [0.4, 0.5) is 11.5 Å². The highest BCUT2D eigenvalue weighted by atomic mass is 35.5. The number of hydrogen-bond donors (Lipinski definition) is 1. The van der Waals surface area contributed by atoms with Crippen LogP contribution in [0.2, 0.25) is 5.28 Å². The van der Waals surface area contributed by atoms with Crippen molar-refractivity contribution in [3.63, 3.8) is 0 Å². The van der Waals surface area contributed by atoms with Crippen LogP contribution in [0.25, 0.3) is 0 Å². The third kappa shape index (κ3) is 5.64. The van der Waals surface area contributed by atoms with E-state index in [4.69, 9.17) is 17.3 Å². The number of hydrogen-bond acceptors (Lipinski definition) is 4. The molecule has 0 atom stereocenters. The largest absolute Gasteiger partial charge is 0.394 e. The standard InChI is InChI=1S/C14H25ClN4/c1-10(2)5-7-19(8-6-11(3)4)13-12(16)9-17-14(15)18-13/h9-11H,5-8,16H2,1-4H3. The molecular formula is C14H25ClN4. The second-order valence-corrected chi connectivity index (χ2v) is 6.11. The second-order valence-electron chi connectivity index (χ2n) is 5.77. The molecule has 0 saturated heterocycles. The van der Waals surface area contributed by atoms with Gasteiger partial charge in [0.05, 0.1) is 11.9 Å². The van der Waals surface area contributed by atoms with Crippen molar-refractivity contribution in [3.05, 3.63) is 11.5 Å². The van der Waals surface area contributed by atoms with Gasteiger partial charge in [0.2, 0.25) is 5.28 Å². The molecule has 0 unspecified atom stereocenters. The highest BCUT2D eigenvalue weighted by Gasteiger charge is 2.14. The Morgan fingerprint density at radius 2 is 1.68 bits per heavy atom. The van der Waals surface area contributed by atoms with E-state index >= 15 is 0 Å². The smallest absolute Gasteiger partial charge is 0.224 e. The first-order chi connectivity index (χ1) is 8.90. The predicted octanol–water partition coefficient (Wildman–Crippen LogP) is 3.61. The first-order valence-electron chi connectivity index (χ1n) is 6.93. The molecule has 0 saturated carbocycles. The van der Waals surface area contributed by atoms with Gasteiger partial charge in [-0.1, -0.05) is 27.7 Å². The van der Waals surface area contributed by atoms with E-state index in [1.54, 1.807) is 6.20 Å². The Hall–Kier alpha value is -1.03. The van der Waals surface area contributed by atoms with Crippen molar-refractivity contribution in [1.29, 1.82) is 0 Å². The number of nitrogen functional groups attached to an aromatic ring is 1. The van der Waals surface area contributed by atoms with Crippen LogP contribution >= 0.6 is 11.6 Å². The van der Waals surface area contributed by atoms with Gasteiger partial charge < -0.3 is 10.6 Å². The fourth-order valence-corrected chi connectivity index (χ4v) is 1.90. The average Bonchev–Trinajstić information content (AvgIpc) is 2.32. The van der Waals surface area contributed by atoms with Crippen LogP contribution in [0.3, 0.4) is 0 Å². The molecule has 4 nitrogen and oxygen atoms in total. The van der Waals surface area contributed by atoms with Gasteiger partial charge in [-0.25, -0.2) is 4.98 Å². The summed E-state index contributed by atoms with van der Waals surface area (Å²) >= 11 is 5.88. The molecule has 1 aromatic rings. The molecule has 0 amide bonds. The van der Waals surface area contributed by atoms with Crippen LogP contribution < -0.4 is 10.6 Å². The normalized spacial score (nSPS) is 11.3. The van der Waals surface area contributed by atoms with Gasteiger partial charge in [-0.15, -0.1) is 0 Å². The Morgan fingerprint density at radius 1 is 1.16 bits per heavy atom. The molecule has 0 bridgehead atoms. The summed E-state index contributed by atoms with van der Waals surface area (Å²) in [5.74, 6) is 2.07. The van der Waals surface area contributed by atoms with Gasteiger partial charge in [-0.3, -0.25) is 0 Å². The number of aromatic nitrogens is 2. The van der Waals surface area contributed by atoms with E-state index in [1.807, 2.05) is 0 Å². The number of halogens is 1. The van der Waals surface area contributed by atoms with E-state index < -0.39 is 0 Å². The maximum Gasteiger partial charge on any atom is 0.224 e. The lowest BCUT2D eigenvalue weighted by molar-refractivity contribution is 0.533. The van der Waals surface area contributed by atoms with Crippen molar-refractivity contribution in [2.45, 2.75) is 40.5 Å². The molecule has 1 heterocycles. The van der Waals surface area contributed by atoms with Crippen molar-refractivity contribution >= 4 is 23.1 Å². The highest BCUT2D eigenvalue weighted by molar-refractivity contribution is 6.28. The Balaban J connectivity index is 2.83. The first-order valence-corrected chi connectivity index (χ1v) is 7.31. The quantitative estimate of drug-likeness (QED) is 0.777. The van der Waals surface area contributed by atoms with Crippen LogP contribution in [0.1, 0.15) is 40.5 Å². The van der Waals surface area contributed by atoms with E-state index in [-0.39, 0.29) is 5.28 Å². The van der Waals surface area contributed by atoms with Crippen molar-refractivity contribution in [2.75, 3.05) is 23.7 Å². The zero-order valence-electron chi connectivity index (χ0n) is 12.4. The number of nitrogens with zero attached hydrogens (tertiary/aromatic N) is 3. The molecule has 2 N–H and O–H groups in total. The minimum atomic E-state index is 0.253. The third-order valence-electron chi connectivity index (χ3n) is 3.02. The summed E-state index contributed by atoms with van der Waals surface area (Å²) in [6.07, 6.45) is 3.81. The Kier molecular flexibility index (Phi) is 6.35. The summed E-state index contributed by atoms with van der Waals surface area (Å²) in [5, 5.41) is 0.253. The third-order valence-corrected chi connectivity index (χ3v) is 3.20. The number of nitrogens with two attached hydrogens (primary N) is 1. The molecule has 0 aliphatic heterocycles. The molecule has 0 aliphatic carbocycles. The molecule has 1 aromatic heterocycles. The Morgan fingerprint density at radius 3 is 2.16 bits per heavy atom. The number of rotatable bonds is 7. The SMILES string of the molecule is CC(C)CCN(CCC(C)C)c1nc(Cl)ncc1N. The van der Waals surface area contributed by atoms with E-state index in [0.717, 1.165) is 31.7 Å². The summed E-state index contributed by atoms with van der Waals surface area (Å²) in [4.78, 5) is 10.4. The van der Waals surface area contributed by atoms with Crippen LogP contribution in [0, 0.1) is 11.8 Å². The molecule has 0 aromatic carbocycles. The summed E-state index contributed by atoms with van der Waals surface area (Å²) in [6.45, 7) is 10.8. The molecule has 1 rings (SSSR count). The maximum atomic E-state index is 5.98. The van der Waals surface area contributed by atoms with Crippen molar-refractivity contribution in [2.24, 2.45) is 11.8 Å². The first kappa shape index (κ1) is 16.0. The van der Waals surface area contributed by atoms with Gasteiger partial charge in [-0.05, 0) is 36.3 Å². The van der Waals surface area contributed by atoms with E-state index in [0.29, 0.717) is 17.5 Å². The topological polar surface area (TPSA) is 55.0 Å². The van der Waals surface area contributed by atoms with Gasteiger partial charge in [0, 0.05) is 13.1 Å². The zero-order chi connectivity index (χ0) is 14.4. The minimum Gasteiger partial charge on any atom is -0.394 e. The second kappa shape index (κ2) is 7.53. The fraction of sp³-hybridized carbons (Fsp3) is 0.714. The number of anilines is 2. The van der Waals surface area contributed by atoms with Gasteiger partial charge in [0.25, 0.3) is 0 Å². The lowest BCUT2D eigenvalue weighted by Gasteiger charge is -2.26. The molecule has 0 radical (unpaired) electrons. The monoisotopic (exact) mass is 284 g/mol. The molecule has 0 spiro atoms. The van der Waals surface area contributed by atoms with Crippen LogP contribution in [-0.4, -0.2) is 23.1 Å². The molecule has 0 aliphatic rings. The van der Waals surface area contributed by atoms with Gasteiger partial charge >= 0.3 is 0 Å². The molecular weight excluding hydrogens is 260 g/mol. The van der Waals surface area contributed by atoms with E-state index in [1.165, 1.54) is 0 Å². The lowest BCUT2D eigenvalue weighted by atomic mass is 10.1. The van der Waals surface area contributed by atoms with E-state index in [9.17, 15) is 0 Å². The van der Waals surface area contributed by atoms with Crippen molar-refractivity contribution in [3.8, 4) is 0 Å². The summed E-state index contributed by atoms with van der Waals surface area (Å²) < 4.78 is 0. The maximum absolute atomic E-state index is 5.98. The van der Waals surface area contributed by atoms with Gasteiger partial charge in [0.1, 0.15) is 0 Å². The minimum absolute atomic E-state index is 0.253. The summed E-state index contributed by atoms with van der Waals surface area (Å²) in [6, 6.07) is 0. The predicted molar refractivity (Wildman–Crippen MR) is 82.6 cm³/mol. The van der Waals surface area contributed by atoms with E-state index in [2.05, 4.69) is 42.6 Å². The Labute approximate surface area is 121 Å². The van der Waals surface area contributed by atoms with Gasteiger partial charge in [0.15, 0.2) is 5.82 Å². The average molecular weight is 285 g/mol. The van der Waals surface area contributed by atoms with Crippen molar-refractivity contribution < 1.29 is 0 Å². The summed E-state index contributed by atoms with van der Waals surface area (Å²) in [5.41, 5.74) is 6.57. The lowest BCUT2D eigenvalue weighted by Crippen LogP contribution is -2.29. The van der Waals surface area contributed by atoms with Crippen LogP contribution in [-0.2, 0) is 0 Å². The zero-order valence-corrected chi connectivity index (χ0v) is 13.1. The van der Waals surface area contributed by atoms with Crippen LogP contribution in [0.15, 0.2) is 6.20 Å². The highest BCUT2D eigenvalue weighted by Crippen LogP contribution is 2.23. The molecule has 0 fully saturated rings. The van der Waals surface area contributed by atoms with Crippen molar-refractivity contribution in [1.82, 2.24) is 9.97 Å². The molecule has 5 heteroatoms. The van der Waals surface area contributed by atoms with Crippen LogP contribution in [0.5, 0.6) is 0 Å². The molecule has 108 valence electrons. The van der Waals surface area contributed by atoms with Gasteiger partial charge in [-0.2, -0.15) is 4.98 Å². The fourth-order valence-electron chi connectivity index (χ4n) is 1.77.